The summed E-state index contributed by atoms with van der Waals surface area (Å²) >= 11 is 6.39. The van der Waals surface area contributed by atoms with Gasteiger partial charge in [-0.2, -0.15) is 4.58 Å². The average Bonchev–Trinajstić information content (AvgIpc) is 3.23. The molecule has 0 spiro atoms. The first-order chi connectivity index (χ1) is 18.6. The van der Waals surface area contributed by atoms with Gasteiger partial charge in [0.15, 0.2) is 5.71 Å². The van der Waals surface area contributed by atoms with E-state index in [2.05, 4.69) is 131 Å². The van der Waals surface area contributed by atoms with Gasteiger partial charge in [-0.15, -0.1) is 0 Å². The summed E-state index contributed by atoms with van der Waals surface area (Å²) in [5, 5.41) is 0.804. The Labute approximate surface area is 242 Å². The molecule has 3 heteroatoms. The molecule has 2 aromatic rings. The van der Waals surface area contributed by atoms with Gasteiger partial charge >= 0.3 is 0 Å². The van der Waals surface area contributed by atoms with Gasteiger partial charge in [-0.1, -0.05) is 100 Å². The Bertz CT molecular complexity index is 1350. The second kappa shape index (κ2) is 12.1. The summed E-state index contributed by atoms with van der Waals surface area (Å²) in [5.41, 5.74) is 9.34. The van der Waals surface area contributed by atoms with E-state index in [4.69, 9.17) is 11.6 Å². The molecule has 0 saturated carbocycles. The molecule has 2 aliphatic heterocycles. The van der Waals surface area contributed by atoms with Gasteiger partial charge in [-0.05, 0) is 57.0 Å². The van der Waals surface area contributed by atoms with Crippen LogP contribution >= 0.6 is 11.6 Å². The van der Waals surface area contributed by atoms with Crippen molar-refractivity contribution in [2.75, 3.05) is 18.0 Å². The molecule has 0 saturated heterocycles. The number of allylic oxidation sites excluding steroid dienone is 8. The molecule has 0 N–H and O–H groups in total. The van der Waals surface area contributed by atoms with Gasteiger partial charge in [0.05, 0.1) is 5.41 Å². The van der Waals surface area contributed by atoms with Crippen molar-refractivity contribution < 1.29 is 4.58 Å². The lowest BCUT2D eigenvalue weighted by atomic mass is 9.81. The predicted molar refractivity (Wildman–Crippen MR) is 171 cm³/mol. The minimum Gasteiger partial charge on any atom is -0.344 e. The van der Waals surface area contributed by atoms with Crippen molar-refractivity contribution in [2.45, 2.75) is 85.0 Å². The smallest absolute Gasteiger partial charge is 0.209 e. The molecular weight excluding hydrogens is 496 g/mol. The third-order valence-corrected chi connectivity index (χ3v) is 8.56. The van der Waals surface area contributed by atoms with Gasteiger partial charge in [0.2, 0.25) is 5.69 Å². The van der Waals surface area contributed by atoms with Gasteiger partial charge in [0, 0.05) is 52.5 Å². The van der Waals surface area contributed by atoms with Crippen LogP contribution in [0.25, 0.3) is 0 Å². The maximum atomic E-state index is 6.39. The average molecular weight is 542 g/mol. The minimum absolute atomic E-state index is 0.00635. The summed E-state index contributed by atoms with van der Waals surface area (Å²) < 4.78 is 2.48. The molecule has 0 bridgehead atoms. The van der Waals surface area contributed by atoms with E-state index in [0.717, 1.165) is 24.5 Å². The third kappa shape index (κ3) is 5.87. The number of halogens is 1. The largest absolute Gasteiger partial charge is 0.344 e. The number of anilines is 1. The molecule has 2 aliphatic rings. The van der Waals surface area contributed by atoms with E-state index in [1.54, 1.807) is 0 Å². The third-order valence-electron chi connectivity index (χ3n) is 8.32. The Morgan fingerprint density at radius 3 is 2.28 bits per heavy atom. The Hall–Kier alpha value is -2.84. The van der Waals surface area contributed by atoms with Gasteiger partial charge in [0.25, 0.3) is 0 Å². The van der Waals surface area contributed by atoms with E-state index < -0.39 is 0 Å². The van der Waals surface area contributed by atoms with Crippen LogP contribution in [0, 0.1) is 6.92 Å². The van der Waals surface area contributed by atoms with Gasteiger partial charge in [-0.25, -0.2) is 0 Å². The van der Waals surface area contributed by atoms with Crippen LogP contribution in [0.2, 0.25) is 5.02 Å². The number of benzene rings is 2. The van der Waals surface area contributed by atoms with Crippen LogP contribution in [0.4, 0.5) is 11.4 Å². The fraction of sp³-hybridized carbons (Fsp3) is 0.417. The number of hydrogen-bond acceptors (Lipinski definition) is 1. The van der Waals surface area contributed by atoms with Crippen molar-refractivity contribution in [3.63, 3.8) is 0 Å². The van der Waals surface area contributed by atoms with Crippen molar-refractivity contribution in [1.82, 2.24) is 0 Å². The minimum atomic E-state index is -0.0814. The Kier molecular flexibility index (Phi) is 9.07. The highest BCUT2D eigenvalue weighted by atomic mass is 35.5. The molecule has 39 heavy (non-hydrogen) atoms. The standard InChI is InChI=1S/C36H46ClN2/c1-8-10-23-38-31-21-19-27(3)25-29(31)35(4,5)33(38)17-15-13-12-14-16-18-34-36(6,7)30-26-28(37)20-22-32(30)39(34)24-11-9-2/h12-22,25-26H,8-11,23-24H2,1-7H3/q+1. The molecule has 4 rings (SSSR count). The van der Waals surface area contributed by atoms with Crippen LogP contribution in [0.5, 0.6) is 0 Å². The summed E-state index contributed by atoms with van der Waals surface area (Å²) in [4.78, 5) is 2.53. The van der Waals surface area contributed by atoms with Crippen molar-refractivity contribution >= 4 is 28.7 Å². The molecule has 0 amide bonds. The number of rotatable bonds is 10. The molecule has 206 valence electrons. The first-order valence-corrected chi connectivity index (χ1v) is 15.1. The molecule has 2 nitrogen and oxygen atoms in total. The van der Waals surface area contributed by atoms with Crippen LogP contribution in [0.3, 0.4) is 0 Å². The van der Waals surface area contributed by atoms with Crippen molar-refractivity contribution in [3.8, 4) is 0 Å². The predicted octanol–water partition coefficient (Wildman–Crippen LogP) is 9.98. The normalized spacial score (nSPS) is 18.9. The van der Waals surface area contributed by atoms with E-state index in [1.165, 1.54) is 58.7 Å². The number of fused-ring (bicyclic) bond motifs is 2. The summed E-state index contributed by atoms with van der Waals surface area (Å²) in [7, 11) is 0. The first kappa shape index (κ1) is 29.2. The molecule has 0 atom stereocenters. The molecule has 0 aliphatic carbocycles. The summed E-state index contributed by atoms with van der Waals surface area (Å²) in [6.07, 6.45) is 20.1. The first-order valence-electron chi connectivity index (χ1n) is 14.7. The van der Waals surface area contributed by atoms with Crippen LogP contribution < -0.4 is 4.90 Å². The molecule has 2 heterocycles. The van der Waals surface area contributed by atoms with Crippen LogP contribution in [0.15, 0.2) is 84.6 Å². The molecular formula is C36H46ClN2+. The summed E-state index contributed by atoms with van der Waals surface area (Å²) in [5.74, 6) is 0. The zero-order chi connectivity index (χ0) is 28.2. The van der Waals surface area contributed by atoms with Gasteiger partial charge in [-0.3, -0.25) is 0 Å². The van der Waals surface area contributed by atoms with E-state index >= 15 is 0 Å². The Balaban J connectivity index is 1.53. The lowest BCUT2D eigenvalue weighted by Gasteiger charge is -2.27. The maximum Gasteiger partial charge on any atom is 0.209 e. The van der Waals surface area contributed by atoms with Crippen molar-refractivity contribution in [3.05, 3.63) is 106 Å². The molecule has 2 aromatic carbocycles. The van der Waals surface area contributed by atoms with Crippen molar-refractivity contribution in [2.24, 2.45) is 0 Å². The van der Waals surface area contributed by atoms with Crippen molar-refractivity contribution in [1.29, 1.82) is 0 Å². The Morgan fingerprint density at radius 2 is 1.54 bits per heavy atom. The Morgan fingerprint density at radius 1 is 0.821 bits per heavy atom. The molecule has 0 aromatic heterocycles. The lowest BCUT2D eigenvalue weighted by Crippen LogP contribution is -2.27. The van der Waals surface area contributed by atoms with E-state index in [9.17, 15) is 0 Å². The highest BCUT2D eigenvalue weighted by Crippen LogP contribution is 2.48. The lowest BCUT2D eigenvalue weighted by molar-refractivity contribution is -0.438. The van der Waals surface area contributed by atoms with Gasteiger partial charge < -0.3 is 4.90 Å². The monoisotopic (exact) mass is 541 g/mol. The molecule has 0 radical (unpaired) electrons. The zero-order valence-corrected chi connectivity index (χ0v) is 25.8. The summed E-state index contributed by atoms with van der Waals surface area (Å²) in [6.45, 7) is 18.1. The van der Waals surface area contributed by atoms with Crippen LogP contribution in [-0.4, -0.2) is 23.4 Å². The zero-order valence-electron chi connectivity index (χ0n) is 25.0. The molecule has 0 unspecified atom stereocenters. The highest BCUT2D eigenvalue weighted by molar-refractivity contribution is 6.30. The number of aryl methyl sites for hydroxylation is 1. The number of unbranched alkanes of at least 4 members (excludes halogenated alkanes) is 2. The van der Waals surface area contributed by atoms with Gasteiger partial charge in [0.1, 0.15) is 6.54 Å². The van der Waals surface area contributed by atoms with Crippen LogP contribution in [-0.2, 0) is 10.8 Å². The number of hydrogen-bond donors (Lipinski definition) is 0. The van der Waals surface area contributed by atoms with E-state index in [1.807, 2.05) is 6.07 Å². The topological polar surface area (TPSA) is 6.25 Å². The fourth-order valence-electron chi connectivity index (χ4n) is 6.04. The maximum absolute atomic E-state index is 6.39. The fourth-order valence-corrected chi connectivity index (χ4v) is 6.21. The SMILES string of the molecule is CCCCN1/C(=C/C=C/C=C/C=C/C2=[N+](CCCC)c3ccc(Cl)cc3C2(C)C)C(C)(C)c2cc(C)ccc21. The number of nitrogens with zero attached hydrogens (tertiary/aromatic N) is 2. The second-order valence-electron chi connectivity index (χ2n) is 12.0. The van der Waals surface area contributed by atoms with E-state index in [-0.39, 0.29) is 10.8 Å². The summed E-state index contributed by atoms with van der Waals surface area (Å²) in [6, 6.07) is 13.2. The quantitative estimate of drug-likeness (QED) is 0.214. The molecule has 0 fully saturated rings. The van der Waals surface area contributed by atoms with Crippen LogP contribution in [0.1, 0.15) is 83.9 Å². The highest BCUT2D eigenvalue weighted by Gasteiger charge is 2.44. The second-order valence-corrected chi connectivity index (χ2v) is 12.4. The van der Waals surface area contributed by atoms with E-state index in [0.29, 0.717) is 0 Å².